The van der Waals surface area contributed by atoms with E-state index in [2.05, 4.69) is 93.2 Å². The van der Waals surface area contributed by atoms with Crippen molar-refractivity contribution in [2.75, 3.05) is 13.6 Å². The van der Waals surface area contributed by atoms with E-state index in [1.807, 2.05) is 13.4 Å². The van der Waals surface area contributed by atoms with Crippen LogP contribution in [0.4, 0.5) is 5.69 Å². The van der Waals surface area contributed by atoms with Crippen molar-refractivity contribution in [2.24, 2.45) is 4.99 Å². The third-order valence-corrected chi connectivity index (χ3v) is 6.34. The van der Waals surface area contributed by atoms with E-state index >= 15 is 0 Å². The molecule has 0 spiro atoms. The van der Waals surface area contributed by atoms with Gasteiger partial charge in [0.25, 0.3) is 0 Å². The summed E-state index contributed by atoms with van der Waals surface area (Å²) in [5, 5.41) is 3.32. The minimum atomic E-state index is 0. The van der Waals surface area contributed by atoms with E-state index in [0.717, 1.165) is 29.4 Å². The number of thiazole rings is 1. The van der Waals surface area contributed by atoms with E-state index in [0.29, 0.717) is 0 Å². The Bertz CT molecular complexity index is 1030. The first-order chi connectivity index (χ1) is 14.2. The summed E-state index contributed by atoms with van der Waals surface area (Å²) in [6.45, 7) is 14.1. The van der Waals surface area contributed by atoms with Gasteiger partial charge < -0.3 is 4.90 Å². The smallest absolute Gasteiger partial charge is 0.0976 e. The fourth-order valence-electron chi connectivity index (χ4n) is 3.26. The Morgan fingerprint density at radius 1 is 1.03 bits per heavy atom. The number of hydrogen-bond acceptors (Lipinski definition) is 3. The molecular formula is C26H35Cl2N3S. The fourth-order valence-corrected chi connectivity index (χ4v) is 4.09. The first-order valence-electron chi connectivity index (χ1n) is 10.6. The molecular weight excluding hydrogens is 457 g/mol. The molecule has 0 aliphatic carbocycles. The number of benzene rings is 2. The number of aliphatic imine (C=N–C) groups is 1. The number of halogens is 2. The van der Waals surface area contributed by atoms with Gasteiger partial charge in [-0.25, -0.2) is 9.98 Å². The lowest BCUT2D eigenvalue weighted by molar-refractivity contribution is 0.552. The predicted molar refractivity (Wildman–Crippen MR) is 146 cm³/mol. The molecule has 0 aliphatic rings. The quantitative estimate of drug-likeness (QED) is 0.260. The van der Waals surface area contributed by atoms with E-state index in [-0.39, 0.29) is 30.2 Å². The lowest BCUT2D eigenvalue weighted by Gasteiger charge is -2.18. The Labute approximate surface area is 209 Å². The number of nitrogens with zero attached hydrogens (tertiary/aromatic N) is 3. The van der Waals surface area contributed by atoms with Crippen LogP contribution in [0.15, 0.2) is 46.8 Å². The van der Waals surface area contributed by atoms with Gasteiger partial charge >= 0.3 is 0 Å². The maximum absolute atomic E-state index is 4.91. The normalized spacial score (nSPS) is 11.2. The van der Waals surface area contributed by atoms with Crippen LogP contribution in [0.2, 0.25) is 0 Å². The highest BCUT2D eigenvalue weighted by Gasteiger charge is 2.14. The Hall–Kier alpha value is -1.88. The zero-order chi connectivity index (χ0) is 21.9. The van der Waals surface area contributed by atoms with Gasteiger partial charge in [-0.15, -0.1) is 36.2 Å². The maximum atomic E-state index is 4.91. The molecule has 6 heteroatoms. The van der Waals surface area contributed by atoms with Crippen LogP contribution in [0.1, 0.15) is 55.0 Å². The zero-order valence-electron chi connectivity index (χ0n) is 20.1. The van der Waals surface area contributed by atoms with Crippen molar-refractivity contribution in [1.82, 2.24) is 9.88 Å². The summed E-state index contributed by atoms with van der Waals surface area (Å²) in [6.07, 6.45) is 2.76. The van der Waals surface area contributed by atoms with Crippen LogP contribution in [0.25, 0.3) is 11.3 Å². The van der Waals surface area contributed by atoms with Gasteiger partial charge in [0, 0.05) is 31.0 Å². The second kappa shape index (κ2) is 11.8. The molecule has 0 amide bonds. The van der Waals surface area contributed by atoms with Crippen LogP contribution in [0.3, 0.4) is 0 Å². The summed E-state index contributed by atoms with van der Waals surface area (Å²) in [4.78, 5) is 11.6. The predicted octanol–water partition coefficient (Wildman–Crippen LogP) is 7.77. The first kappa shape index (κ1) is 28.2. The highest BCUT2D eigenvalue weighted by Crippen LogP contribution is 2.29. The Morgan fingerprint density at radius 2 is 1.69 bits per heavy atom. The second-order valence-corrected chi connectivity index (χ2v) is 9.96. The highest BCUT2D eigenvalue weighted by molar-refractivity contribution is 7.10. The molecule has 0 saturated heterocycles. The van der Waals surface area contributed by atoms with Crippen molar-refractivity contribution < 1.29 is 0 Å². The molecule has 1 heterocycles. The van der Waals surface area contributed by atoms with Crippen molar-refractivity contribution in [3.05, 3.63) is 69.0 Å². The molecule has 3 rings (SSSR count). The molecule has 174 valence electrons. The summed E-state index contributed by atoms with van der Waals surface area (Å²) in [5.41, 5.74) is 8.58. The maximum Gasteiger partial charge on any atom is 0.0976 e. The van der Waals surface area contributed by atoms with Crippen molar-refractivity contribution in [3.8, 4) is 11.3 Å². The SMILES string of the molecule is CCN(C)C=Nc1cc(C)c(Cc2nc(-c3ccc(C(C)(C)C)cc3)cs2)cc1C.Cl.Cl. The monoisotopic (exact) mass is 491 g/mol. The third kappa shape index (κ3) is 7.06. The summed E-state index contributed by atoms with van der Waals surface area (Å²) in [5.74, 6) is 0. The molecule has 3 nitrogen and oxygen atoms in total. The number of aromatic nitrogens is 1. The molecule has 0 aliphatic heterocycles. The van der Waals surface area contributed by atoms with Gasteiger partial charge in [-0.1, -0.05) is 51.1 Å². The zero-order valence-corrected chi connectivity index (χ0v) is 22.5. The fraction of sp³-hybridized carbons (Fsp3) is 0.385. The molecule has 32 heavy (non-hydrogen) atoms. The summed E-state index contributed by atoms with van der Waals surface area (Å²) < 4.78 is 0. The number of aryl methyl sites for hydroxylation is 2. The van der Waals surface area contributed by atoms with Crippen LogP contribution >= 0.6 is 36.2 Å². The minimum absolute atomic E-state index is 0. The topological polar surface area (TPSA) is 28.5 Å². The Balaban J connectivity index is 0.00000256. The van der Waals surface area contributed by atoms with E-state index in [9.17, 15) is 0 Å². The molecule has 0 fully saturated rings. The van der Waals surface area contributed by atoms with Gasteiger partial charge in [-0.2, -0.15) is 0 Å². The minimum Gasteiger partial charge on any atom is -0.366 e. The van der Waals surface area contributed by atoms with Gasteiger partial charge in [0.2, 0.25) is 0 Å². The van der Waals surface area contributed by atoms with Crippen molar-refractivity contribution in [2.45, 2.75) is 53.4 Å². The van der Waals surface area contributed by atoms with Crippen molar-refractivity contribution in [1.29, 1.82) is 0 Å². The Morgan fingerprint density at radius 3 is 2.28 bits per heavy atom. The second-order valence-electron chi connectivity index (χ2n) is 9.01. The first-order valence-corrected chi connectivity index (χ1v) is 11.4. The largest absolute Gasteiger partial charge is 0.366 e. The Kier molecular flexibility index (Phi) is 10.4. The van der Waals surface area contributed by atoms with Crippen molar-refractivity contribution in [3.63, 3.8) is 0 Å². The van der Waals surface area contributed by atoms with Gasteiger partial charge in [-0.05, 0) is 54.5 Å². The van der Waals surface area contributed by atoms with E-state index in [1.54, 1.807) is 11.3 Å². The number of hydrogen-bond donors (Lipinski definition) is 0. The molecule has 0 unspecified atom stereocenters. The standard InChI is InChI=1S/C26H33N3S.2ClH/c1-8-29(7)17-27-23-14-18(2)21(13-19(23)3)15-25-28-24(16-30-25)20-9-11-22(12-10-20)26(4,5)6;;/h9-14,16-17H,8,15H2,1-7H3;2*1H. The van der Waals surface area contributed by atoms with Gasteiger partial charge in [0.1, 0.15) is 0 Å². The molecule has 0 radical (unpaired) electrons. The van der Waals surface area contributed by atoms with Crippen LogP contribution in [0, 0.1) is 13.8 Å². The summed E-state index contributed by atoms with van der Waals surface area (Å²) >= 11 is 1.74. The van der Waals surface area contributed by atoms with E-state index in [4.69, 9.17) is 4.98 Å². The molecule has 0 atom stereocenters. The van der Waals surface area contributed by atoms with Crippen LogP contribution < -0.4 is 0 Å². The molecule has 0 bridgehead atoms. The van der Waals surface area contributed by atoms with Gasteiger partial charge in [-0.3, -0.25) is 0 Å². The lowest BCUT2D eigenvalue weighted by atomic mass is 9.86. The van der Waals surface area contributed by atoms with Crippen LogP contribution in [-0.4, -0.2) is 29.8 Å². The van der Waals surface area contributed by atoms with E-state index in [1.165, 1.54) is 27.8 Å². The molecule has 1 aromatic heterocycles. The third-order valence-electron chi connectivity index (χ3n) is 5.49. The molecule has 0 saturated carbocycles. The summed E-state index contributed by atoms with van der Waals surface area (Å²) in [6, 6.07) is 13.3. The summed E-state index contributed by atoms with van der Waals surface area (Å²) in [7, 11) is 2.04. The van der Waals surface area contributed by atoms with E-state index < -0.39 is 0 Å². The average molecular weight is 493 g/mol. The molecule has 3 aromatic rings. The average Bonchev–Trinajstić information content (AvgIpc) is 3.17. The molecule has 0 N–H and O–H groups in total. The van der Waals surface area contributed by atoms with Crippen molar-refractivity contribution >= 4 is 48.2 Å². The van der Waals surface area contributed by atoms with Gasteiger partial charge in [0.05, 0.1) is 22.7 Å². The number of rotatable bonds is 6. The lowest BCUT2D eigenvalue weighted by Crippen LogP contribution is -2.14. The highest BCUT2D eigenvalue weighted by atomic mass is 35.5. The van der Waals surface area contributed by atoms with Crippen LogP contribution in [-0.2, 0) is 11.8 Å². The van der Waals surface area contributed by atoms with Crippen LogP contribution in [0.5, 0.6) is 0 Å². The van der Waals surface area contributed by atoms with Gasteiger partial charge in [0.15, 0.2) is 0 Å². The molecule has 2 aromatic carbocycles.